The molecule has 1 aromatic carbocycles. The molecule has 1 heterocycles. The minimum atomic E-state index is 0.263. The van der Waals surface area contributed by atoms with Gasteiger partial charge in [-0.1, -0.05) is 17.7 Å². The molecular formula is C14H12N2S. The summed E-state index contributed by atoms with van der Waals surface area (Å²) >= 11 is 1.81. The second-order valence-corrected chi connectivity index (χ2v) is 5.17. The fraction of sp³-hybridized carbons (Fsp3) is 0.286. The monoisotopic (exact) mass is 240 g/mol. The second-order valence-electron chi connectivity index (χ2n) is 4.03. The van der Waals surface area contributed by atoms with Gasteiger partial charge in [0.2, 0.25) is 0 Å². The van der Waals surface area contributed by atoms with Crippen LogP contribution >= 0.6 is 11.8 Å². The summed E-state index contributed by atoms with van der Waals surface area (Å²) in [5.74, 6) is 1.05. The average molecular weight is 240 g/mol. The van der Waals surface area contributed by atoms with Gasteiger partial charge in [0.1, 0.15) is 17.7 Å². The van der Waals surface area contributed by atoms with Crippen molar-refractivity contribution in [1.29, 1.82) is 10.5 Å². The van der Waals surface area contributed by atoms with Gasteiger partial charge in [0.05, 0.1) is 0 Å². The zero-order chi connectivity index (χ0) is 12.3. The molecule has 0 saturated heterocycles. The standard InChI is InChI=1S/C14H12N2S/c1-10-4-5-14-13(7-10)12(3-2-6-17-14)11(8-15)9-16/h4-5,7H,2-3,6H2,1H3. The van der Waals surface area contributed by atoms with Gasteiger partial charge in [-0.05, 0) is 42.7 Å². The molecule has 2 nitrogen and oxygen atoms in total. The maximum Gasteiger partial charge on any atom is 0.133 e. The molecule has 0 radical (unpaired) electrons. The third kappa shape index (κ3) is 2.35. The fourth-order valence-electron chi connectivity index (χ4n) is 1.99. The van der Waals surface area contributed by atoms with Crippen LogP contribution in [0.5, 0.6) is 0 Å². The third-order valence-corrected chi connectivity index (χ3v) is 3.97. The molecule has 84 valence electrons. The van der Waals surface area contributed by atoms with Crippen LogP contribution < -0.4 is 0 Å². The molecule has 2 rings (SSSR count). The number of benzene rings is 1. The first-order chi connectivity index (χ1) is 8.26. The normalized spacial score (nSPS) is 14.2. The average Bonchev–Trinajstić information content (AvgIpc) is 2.54. The summed E-state index contributed by atoms with van der Waals surface area (Å²) in [6.45, 7) is 2.03. The van der Waals surface area contributed by atoms with Crippen molar-refractivity contribution in [2.24, 2.45) is 0 Å². The van der Waals surface area contributed by atoms with Crippen molar-refractivity contribution >= 4 is 17.3 Å². The molecule has 17 heavy (non-hydrogen) atoms. The lowest BCUT2D eigenvalue weighted by Gasteiger charge is -2.09. The van der Waals surface area contributed by atoms with E-state index >= 15 is 0 Å². The molecule has 0 bridgehead atoms. The molecule has 3 heteroatoms. The Morgan fingerprint density at radius 1 is 1.29 bits per heavy atom. The van der Waals surface area contributed by atoms with E-state index in [9.17, 15) is 0 Å². The van der Waals surface area contributed by atoms with E-state index in [-0.39, 0.29) is 5.57 Å². The summed E-state index contributed by atoms with van der Waals surface area (Å²) in [6.07, 6.45) is 1.83. The highest BCUT2D eigenvalue weighted by molar-refractivity contribution is 7.99. The lowest BCUT2D eigenvalue weighted by molar-refractivity contribution is 0.991. The number of fused-ring (bicyclic) bond motifs is 1. The summed E-state index contributed by atoms with van der Waals surface area (Å²) in [4.78, 5) is 1.19. The maximum absolute atomic E-state index is 9.03. The Hall–Kier alpha value is -1.71. The summed E-state index contributed by atoms with van der Waals surface area (Å²) < 4.78 is 0. The topological polar surface area (TPSA) is 47.6 Å². The van der Waals surface area contributed by atoms with E-state index in [0.717, 1.165) is 29.7 Å². The number of nitriles is 2. The molecule has 0 aromatic heterocycles. The van der Waals surface area contributed by atoms with Crippen molar-refractivity contribution in [1.82, 2.24) is 0 Å². The van der Waals surface area contributed by atoms with Crippen LogP contribution in [0.2, 0.25) is 0 Å². The highest BCUT2D eigenvalue weighted by Gasteiger charge is 2.16. The summed E-state index contributed by atoms with van der Waals surface area (Å²) in [5.41, 5.74) is 3.42. The molecule has 0 unspecified atom stereocenters. The van der Waals surface area contributed by atoms with Gasteiger partial charge in [-0.15, -0.1) is 11.8 Å². The first kappa shape index (κ1) is 11.8. The maximum atomic E-state index is 9.03. The van der Waals surface area contributed by atoms with Crippen LogP contribution in [0.25, 0.3) is 5.57 Å². The quantitative estimate of drug-likeness (QED) is 0.650. The van der Waals surface area contributed by atoms with Crippen molar-refractivity contribution in [3.8, 4) is 12.1 Å². The Labute approximate surface area is 106 Å². The molecule has 0 aliphatic carbocycles. The Kier molecular flexibility index (Phi) is 3.52. The van der Waals surface area contributed by atoms with E-state index in [1.54, 1.807) is 0 Å². The lowest BCUT2D eigenvalue weighted by Crippen LogP contribution is -1.91. The van der Waals surface area contributed by atoms with Crippen LogP contribution in [0.1, 0.15) is 24.0 Å². The molecule has 1 aliphatic rings. The number of rotatable bonds is 0. The Bertz CT molecular complexity index is 543. The van der Waals surface area contributed by atoms with Gasteiger partial charge in [-0.25, -0.2) is 0 Å². The van der Waals surface area contributed by atoms with E-state index in [2.05, 4.69) is 18.2 Å². The van der Waals surface area contributed by atoms with Crippen molar-refractivity contribution in [3.63, 3.8) is 0 Å². The number of hydrogen-bond acceptors (Lipinski definition) is 3. The molecule has 0 N–H and O–H groups in total. The number of allylic oxidation sites excluding steroid dienone is 2. The second kappa shape index (κ2) is 5.08. The molecule has 0 fully saturated rings. The molecule has 0 amide bonds. The van der Waals surface area contributed by atoms with Gasteiger partial charge in [0.15, 0.2) is 0 Å². The van der Waals surface area contributed by atoms with Gasteiger partial charge >= 0.3 is 0 Å². The predicted molar refractivity (Wildman–Crippen MR) is 69.3 cm³/mol. The van der Waals surface area contributed by atoms with E-state index in [0.29, 0.717) is 0 Å². The highest BCUT2D eigenvalue weighted by Crippen LogP contribution is 2.37. The Morgan fingerprint density at radius 3 is 2.76 bits per heavy atom. The number of thioether (sulfide) groups is 1. The minimum Gasteiger partial charge on any atom is -0.192 e. The predicted octanol–water partition coefficient (Wildman–Crippen LogP) is 3.68. The number of nitrogens with zero attached hydrogens (tertiary/aromatic N) is 2. The Balaban J connectivity index is 2.66. The van der Waals surface area contributed by atoms with Crippen LogP contribution in [0, 0.1) is 29.6 Å². The molecule has 1 aromatic rings. The van der Waals surface area contributed by atoms with Crippen LogP contribution in [-0.4, -0.2) is 5.75 Å². The lowest BCUT2D eigenvalue weighted by atomic mass is 9.96. The fourth-order valence-corrected chi connectivity index (χ4v) is 3.00. The van der Waals surface area contributed by atoms with Crippen LogP contribution in [-0.2, 0) is 0 Å². The van der Waals surface area contributed by atoms with E-state index < -0.39 is 0 Å². The zero-order valence-corrected chi connectivity index (χ0v) is 10.5. The van der Waals surface area contributed by atoms with Crippen LogP contribution in [0.4, 0.5) is 0 Å². The molecular weight excluding hydrogens is 228 g/mol. The highest BCUT2D eigenvalue weighted by atomic mass is 32.2. The first-order valence-electron chi connectivity index (χ1n) is 5.53. The first-order valence-corrected chi connectivity index (χ1v) is 6.52. The van der Waals surface area contributed by atoms with Crippen LogP contribution in [0.3, 0.4) is 0 Å². The van der Waals surface area contributed by atoms with Gasteiger partial charge < -0.3 is 0 Å². The van der Waals surface area contributed by atoms with Crippen LogP contribution in [0.15, 0.2) is 28.7 Å². The smallest absolute Gasteiger partial charge is 0.133 e. The SMILES string of the molecule is Cc1ccc2c(c1)C(=C(C#N)C#N)CCCS2. The van der Waals surface area contributed by atoms with E-state index in [1.807, 2.05) is 30.8 Å². The molecule has 0 spiro atoms. The van der Waals surface area contributed by atoms with Crippen molar-refractivity contribution in [3.05, 3.63) is 34.9 Å². The summed E-state index contributed by atoms with van der Waals surface area (Å²) in [5, 5.41) is 18.1. The van der Waals surface area contributed by atoms with Crippen molar-refractivity contribution in [2.45, 2.75) is 24.7 Å². The third-order valence-electron chi connectivity index (χ3n) is 2.81. The van der Waals surface area contributed by atoms with Crippen molar-refractivity contribution in [2.75, 3.05) is 5.75 Å². The summed E-state index contributed by atoms with van der Waals surface area (Å²) in [7, 11) is 0. The molecule has 1 aliphatic heterocycles. The molecule has 0 atom stereocenters. The number of aryl methyl sites for hydroxylation is 1. The van der Waals surface area contributed by atoms with E-state index in [1.165, 1.54) is 10.5 Å². The van der Waals surface area contributed by atoms with Gasteiger partial charge in [0, 0.05) is 4.90 Å². The van der Waals surface area contributed by atoms with Crippen molar-refractivity contribution < 1.29 is 0 Å². The van der Waals surface area contributed by atoms with Gasteiger partial charge in [-0.3, -0.25) is 0 Å². The van der Waals surface area contributed by atoms with E-state index in [4.69, 9.17) is 10.5 Å². The zero-order valence-electron chi connectivity index (χ0n) is 9.66. The molecule has 0 saturated carbocycles. The Morgan fingerprint density at radius 2 is 2.06 bits per heavy atom. The number of hydrogen-bond donors (Lipinski definition) is 0. The van der Waals surface area contributed by atoms with Gasteiger partial charge in [-0.2, -0.15) is 10.5 Å². The summed E-state index contributed by atoms with van der Waals surface area (Å²) in [6, 6.07) is 10.3. The minimum absolute atomic E-state index is 0.263. The van der Waals surface area contributed by atoms with Gasteiger partial charge in [0.25, 0.3) is 0 Å². The largest absolute Gasteiger partial charge is 0.192 e.